The Hall–Kier alpha value is -1.25. The molecule has 2 unspecified atom stereocenters. The zero-order valence-corrected chi connectivity index (χ0v) is 12.8. The highest BCUT2D eigenvalue weighted by Gasteiger charge is 2.10. The van der Waals surface area contributed by atoms with Gasteiger partial charge in [-0.25, -0.2) is 0 Å². The third kappa shape index (κ3) is 5.09. The average molecular weight is 264 g/mol. The van der Waals surface area contributed by atoms with Crippen LogP contribution in [0.15, 0.2) is 23.1 Å². The molecule has 0 bridgehead atoms. The summed E-state index contributed by atoms with van der Waals surface area (Å²) >= 11 is 0. The van der Waals surface area contributed by atoms with Crippen LogP contribution in [-0.2, 0) is 6.54 Å². The first-order valence-electron chi connectivity index (χ1n) is 7.57. The van der Waals surface area contributed by atoms with E-state index in [1.807, 2.05) is 12.3 Å². The normalized spacial score (nSPS) is 14.1. The summed E-state index contributed by atoms with van der Waals surface area (Å²) < 4.78 is 1.79. The predicted octanol–water partition coefficient (Wildman–Crippen LogP) is 3.89. The first kappa shape index (κ1) is 15.8. The number of nitrogens with one attached hydrogen (secondary N) is 1. The van der Waals surface area contributed by atoms with Crippen molar-refractivity contribution in [2.24, 2.45) is 5.92 Å². The molecule has 0 aliphatic carbocycles. The van der Waals surface area contributed by atoms with Gasteiger partial charge in [-0.2, -0.15) is 0 Å². The summed E-state index contributed by atoms with van der Waals surface area (Å²) in [6.45, 7) is 9.62. The number of hydrogen-bond donors (Lipinski definition) is 1. The molecule has 0 aliphatic heterocycles. The molecule has 108 valence electrons. The lowest BCUT2D eigenvalue weighted by atomic mass is 9.97. The summed E-state index contributed by atoms with van der Waals surface area (Å²) in [5.41, 5.74) is 1.14. The van der Waals surface area contributed by atoms with E-state index in [-0.39, 0.29) is 5.56 Å². The summed E-state index contributed by atoms with van der Waals surface area (Å²) in [4.78, 5) is 11.7. The molecule has 1 aromatic rings. The van der Waals surface area contributed by atoms with Gasteiger partial charge in [0.1, 0.15) is 0 Å². The van der Waals surface area contributed by atoms with Crippen molar-refractivity contribution in [3.05, 3.63) is 28.7 Å². The summed E-state index contributed by atoms with van der Waals surface area (Å²) in [5, 5.41) is 3.56. The van der Waals surface area contributed by atoms with Gasteiger partial charge in [0.05, 0.1) is 5.69 Å². The van der Waals surface area contributed by atoms with Crippen molar-refractivity contribution in [3.8, 4) is 0 Å². The molecule has 0 spiro atoms. The number of aryl methyl sites for hydroxylation is 1. The fourth-order valence-electron chi connectivity index (χ4n) is 2.25. The highest BCUT2D eigenvalue weighted by molar-refractivity contribution is 5.41. The number of hydrogen-bond acceptors (Lipinski definition) is 2. The van der Waals surface area contributed by atoms with E-state index in [9.17, 15) is 4.79 Å². The first-order valence-corrected chi connectivity index (χ1v) is 7.57. The molecule has 0 radical (unpaired) electrons. The Labute approximate surface area is 117 Å². The second kappa shape index (κ2) is 8.03. The van der Waals surface area contributed by atoms with Crippen LogP contribution in [0.3, 0.4) is 0 Å². The standard InChI is InChI=1S/C16H28N2O/c1-5-10-18-12-15(8-9-16(18)19)17-14(7-3)11-13(4)6-2/h8-9,12-14,17H,5-7,10-11H2,1-4H3. The molecule has 1 heterocycles. The Morgan fingerprint density at radius 2 is 1.95 bits per heavy atom. The van der Waals surface area contributed by atoms with Crippen LogP contribution in [0.2, 0.25) is 0 Å². The first-order chi connectivity index (χ1) is 9.10. The molecule has 1 aromatic heterocycles. The van der Waals surface area contributed by atoms with E-state index in [0.29, 0.717) is 6.04 Å². The molecule has 3 nitrogen and oxygen atoms in total. The van der Waals surface area contributed by atoms with Crippen molar-refractivity contribution in [2.45, 2.75) is 66.0 Å². The molecule has 0 amide bonds. The molecule has 0 fully saturated rings. The minimum absolute atomic E-state index is 0.0855. The summed E-state index contributed by atoms with van der Waals surface area (Å²) in [5.74, 6) is 0.735. The summed E-state index contributed by atoms with van der Waals surface area (Å²) in [6.07, 6.45) is 6.43. The van der Waals surface area contributed by atoms with Crippen molar-refractivity contribution in [1.29, 1.82) is 0 Å². The van der Waals surface area contributed by atoms with E-state index in [0.717, 1.165) is 31.0 Å². The van der Waals surface area contributed by atoms with Crippen LogP contribution in [-0.4, -0.2) is 10.6 Å². The molecule has 3 heteroatoms. The topological polar surface area (TPSA) is 34.0 Å². The van der Waals surface area contributed by atoms with E-state index >= 15 is 0 Å². The summed E-state index contributed by atoms with van der Waals surface area (Å²) in [7, 11) is 0. The van der Waals surface area contributed by atoms with Gasteiger partial charge < -0.3 is 9.88 Å². The number of nitrogens with zero attached hydrogens (tertiary/aromatic N) is 1. The van der Waals surface area contributed by atoms with Gasteiger partial charge in [-0.05, 0) is 31.2 Å². The van der Waals surface area contributed by atoms with Gasteiger partial charge in [0.2, 0.25) is 0 Å². The molecule has 0 saturated carbocycles. The van der Waals surface area contributed by atoms with Crippen LogP contribution in [0.1, 0.15) is 53.4 Å². The largest absolute Gasteiger partial charge is 0.381 e. The maximum absolute atomic E-state index is 11.7. The van der Waals surface area contributed by atoms with Crippen molar-refractivity contribution in [2.75, 3.05) is 5.32 Å². The molecule has 0 aromatic carbocycles. The van der Waals surface area contributed by atoms with Crippen molar-refractivity contribution in [3.63, 3.8) is 0 Å². The quantitative estimate of drug-likeness (QED) is 0.773. The van der Waals surface area contributed by atoms with Crippen molar-refractivity contribution >= 4 is 5.69 Å². The second-order valence-corrected chi connectivity index (χ2v) is 5.45. The van der Waals surface area contributed by atoms with Crippen molar-refractivity contribution < 1.29 is 0 Å². The van der Waals surface area contributed by atoms with Gasteiger partial charge in [-0.1, -0.05) is 34.1 Å². The van der Waals surface area contributed by atoms with Gasteiger partial charge in [0, 0.05) is 24.8 Å². The molecule has 1 N–H and O–H groups in total. The zero-order valence-electron chi connectivity index (χ0n) is 12.8. The average Bonchev–Trinajstić information content (AvgIpc) is 2.41. The number of anilines is 1. The van der Waals surface area contributed by atoms with E-state index in [1.54, 1.807) is 10.6 Å². The number of pyridine rings is 1. The Balaban J connectivity index is 2.74. The van der Waals surface area contributed by atoms with E-state index in [1.165, 1.54) is 12.8 Å². The number of aromatic nitrogens is 1. The smallest absolute Gasteiger partial charge is 0.250 e. The molecule has 2 atom stereocenters. The molecule has 0 saturated heterocycles. The van der Waals surface area contributed by atoms with Gasteiger partial charge in [-0.15, -0.1) is 0 Å². The van der Waals surface area contributed by atoms with E-state index in [2.05, 4.69) is 33.0 Å². The fraction of sp³-hybridized carbons (Fsp3) is 0.688. The third-order valence-corrected chi connectivity index (χ3v) is 3.70. The minimum Gasteiger partial charge on any atom is -0.381 e. The lowest BCUT2D eigenvalue weighted by Crippen LogP contribution is -2.24. The van der Waals surface area contributed by atoms with Crippen molar-refractivity contribution in [1.82, 2.24) is 4.57 Å². The van der Waals surface area contributed by atoms with Gasteiger partial charge >= 0.3 is 0 Å². The fourth-order valence-corrected chi connectivity index (χ4v) is 2.25. The highest BCUT2D eigenvalue weighted by atomic mass is 16.1. The Kier molecular flexibility index (Phi) is 6.68. The third-order valence-electron chi connectivity index (χ3n) is 3.70. The lowest BCUT2D eigenvalue weighted by molar-refractivity contribution is 0.461. The van der Waals surface area contributed by atoms with Crippen LogP contribution in [0.5, 0.6) is 0 Å². The maximum atomic E-state index is 11.7. The zero-order chi connectivity index (χ0) is 14.3. The van der Waals surface area contributed by atoms with Crippen LogP contribution in [0.4, 0.5) is 5.69 Å². The lowest BCUT2D eigenvalue weighted by Gasteiger charge is -2.22. The number of rotatable bonds is 8. The maximum Gasteiger partial charge on any atom is 0.250 e. The second-order valence-electron chi connectivity index (χ2n) is 5.45. The van der Waals surface area contributed by atoms with E-state index < -0.39 is 0 Å². The summed E-state index contributed by atoms with van der Waals surface area (Å²) in [6, 6.07) is 4.05. The molecular formula is C16H28N2O. The monoisotopic (exact) mass is 264 g/mol. The van der Waals surface area contributed by atoms with Crippen LogP contribution >= 0.6 is 0 Å². The van der Waals surface area contributed by atoms with Gasteiger partial charge in [0.25, 0.3) is 5.56 Å². The molecule has 19 heavy (non-hydrogen) atoms. The van der Waals surface area contributed by atoms with Gasteiger partial charge in [-0.3, -0.25) is 4.79 Å². The Morgan fingerprint density at radius 3 is 2.53 bits per heavy atom. The Morgan fingerprint density at radius 1 is 1.21 bits per heavy atom. The van der Waals surface area contributed by atoms with Crippen LogP contribution in [0, 0.1) is 5.92 Å². The molecular weight excluding hydrogens is 236 g/mol. The minimum atomic E-state index is 0.0855. The van der Waals surface area contributed by atoms with Crippen LogP contribution < -0.4 is 10.9 Å². The molecule has 1 rings (SSSR count). The van der Waals surface area contributed by atoms with Crippen LogP contribution in [0.25, 0.3) is 0 Å². The predicted molar refractivity (Wildman–Crippen MR) is 82.8 cm³/mol. The highest BCUT2D eigenvalue weighted by Crippen LogP contribution is 2.16. The Bertz CT molecular complexity index is 425. The SMILES string of the molecule is CCCn1cc(NC(CC)CC(C)CC)ccc1=O. The molecule has 0 aliphatic rings. The van der Waals surface area contributed by atoms with E-state index in [4.69, 9.17) is 0 Å². The van der Waals surface area contributed by atoms with Gasteiger partial charge in [0.15, 0.2) is 0 Å².